The maximum atomic E-state index is 12.1. The molecule has 0 aromatic carbocycles. The molecule has 0 aliphatic carbocycles. The summed E-state index contributed by atoms with van der Waals surface area (Å²) in [6, 6.07) is 0.535. The van der Waals surface area contributed by atoms with Crippen LogP contribution in [0.4, 0.5) is 0 Å². The summed E-state index contributed by atoms with van der Waals surface area (Å²) in [6.45, 7) is 7.30. The van der Waals surface area contributed by atoms with Crippen molar-refractivity contribution in [3.8, 4) is 6.19 Å². The third-order valence-corrected chi connectivity index (χ3v) is 3.27. The zero-order chi connectivity index (χ0) is 11.2. The van der Waals surface area contributed by atoms with E-state index >= 15 is 0 Å². The number of nitrogens with zero attached hydrogens (tertiary/aromatic N) is 3. The number of carbonyl (C=O) groups excluding carboxylic acids is 1. The Morgan fingerprint density at radius 3 is 2.40 bits per heavy atom. The van der Waals surface area contributed by atoms with Crippen molar-refractivity contribution in [2.75, 3.05) is 13.1 Å². The largest absolute Gasteiger partial charge is 0.335 e. The molecule has 15 heavy (non-hydrogen) atoms. The van der Waals surface area contributed by atoms with Crippen LogP contribution in [0.1, 0.15) is 27.2 Å². The molecule has 2 aliphatic rings. The lowest BCUT2D eigenvalue weighted by molar-refractivity contribution is -0.141. The predicted molar refractivity (Wildman–Crippen MR) is 55.7 cm³/mol. The van der Waals surface area contributed by atoms with E-state index in [1.807, 2.05) is 25.7 Å². The molecule has 82 valence electrons. The topological polar surface area (TPSA) is 47.3 Å². The summed E-state index contributed by atoms with van der Waals surface area (Å²) in [4.78, 5) is 15.8. The second-order valence-electron chi connectivity index (χ2n) is 5.50. The van der Waals surface area contributed by atoms with Crippen LogP contribution >= 0.6 is 0 Å². The van der Waals surface area contributed by atoms with E-state index in [1.165, 1.54) is 0 Å². The molecule has 2 aliphatic heterocycles. The first-order chi connectivity index (χ1) is 6.93. The van der Waals surface area contributed by atoms with E-state index < -0.39 is 0 Å². The molecule has 2 bridgehead atoms. The monoisotopic (exact) mass is 207 g/mol. The van der Waals surface area contributed by atoms with Crippen LogP contribution in [0.5, 0.6) is 0 Å². The van der Waals surface area contributed by atoms with Crippen LogP contribution < -0.4 is 0 Å². The van der Waals surface area contributed by atoms with Gasteiger partial charge in [-0.25, -0.2) is 0 Å². The number of hydrogen-bond donors (Lipinski definition) is 0. The van der Waals surface area contributed by atoms with Crippen molar-refractivity contribution in [1.82, 2.24) is 9.80 Å². The molecular weight excluding hydrogens is 190 g/mol. The first-order valence-corrected chi connectivity index (χ1v) is 5.41. The molecular formula is C11H17N3O. The molecule has 0 aromatic rings. The van der Waals surface area contributed by atoms with Crippen molar-refractivity contribution in [2.45, 2.75) is 39.3 Å². The van der Waals surface area contributed by atoms with Gasteiger partial charge in [-0.2, -0.15) is 5.26 Å². The van der Waals surface area contributed by atoms with Crippen LogP contribution in [0.25, 0.3) is 0 Å². The van der Waals surface area contributed by atoms with E-state index in [0.717, 1.165) is 19.5 Å². The Bertz CT molecular complexity index is 326. The van der Waals surface area contributed by atoms with E-state index in [2.05, 4.69) is 6.19 Å². The fourth-order valence-electron chi connectivity index (χ4n) is 2.47. The normalized spacial score (nSPS) is 29.5. The highest BCUT2D eigenvalue weighted by Crippen LogP contribution is 2.33. The number of carbonyl (C=O) groups is 1. The highest BCUT2D eigenvalue weighted by Gasteiger charge is 2.46. The minimum atomic E-state index is -0.304. The summed E-state index contributed by atoms with van der Waals surface area (Å²) in [5.41, 5.74) is -0.304. The average Bonchev–Trinajstić information content (AvgIpc) is 2.72. The van der Waals surface area contributed by atoms with Gasteiger partial charge in [0.25, 0.3) is 0 Å². The Kier molecular flexibility index (Phi) is 2.14. The average molecular weight is 207 g/mol. The van der Waals surface area contributed by atoms with Gasteiger partial charge in [0.05, 0.1) is 12.1 Å². The van der Waals surface area contributed by atoms with Gasteiger partial charge < -0.3 is 9.80 Å². The Morgan fingerprint density at radius 2 is 2.00 bits per heavy atom. The lowest BCUT2D eigenvalue weighted by atomic mass is 9.94. The summed E-state index contributed by atoms with van der Waals surface area (Å²) in [5.74, 6) is 0.215. The quantitative estimate of drug-likeness (QED) is 0.552. The van der Waals surface area contributed by atoms with Crippen molar-refractivity contribution in [3.05, 3.63) is 0 Å². The van der Waals surface area contributed by atoms with Crippen LogP contribution in [-0.2, 0) is 4.79 Å². The number of rotatable bonds is 0. The van der Waals surface area contributed by atoms with Gasteiger partial charge in [-0.05, 0) is 6.42 Å². The summed E-state index contributed by atoms with van der Waals surface area (Å²) in [5, 5.41) is 8.85. The predicted octanol–water partition coefficient (Wildman–Crippen LogP) is 0.799. The van der Waals surface area contributed by atoms with E-state index in [4.69, 9.17) is 5.26 Å². The van der Waals surface area contributed by atoms with E-state index in [0.29, 0.717) is 0 Å². The third kappa shape index (κ3) is 1.56. The lowest BCUT2D eigenvalue weighted by Gasteiger charge is -2.35. The molecule has 0 spiro atoms. The summed E-state index contributed by atoms with van der Waals surface area (Å²) in [7, 11) is 0. The van der Waals surface area contributed by atoms with Gasteiger partial charge in [0, 0.05) is 18.5 Å². The van der Waals surface area contributed by atoms with Gasteiger partial charge in [-0.3, -0.25) is 4.79 Å². The smallest absolute Gasteiger partial charge is 0.228 e. The minimum absolute atomic E-state index is 0.215. The van der Waals surface area contributed by atoms with E-state index in [1.54, 1.807) is 4.90 Å². The van der Waals surface area contributed by atoms with Crippen molar-refractivity contribution < 1.29 is 4.79 Å². The van der Waals surface area contributed by atoms with Crippen molar-refractivity contribution in [2.24, 2.45) is 5.41 Å². The Labute approximate surface area is 90.5 Å². The molecule has 2 rings (SSSR count). The molecule has 0 radical (unpaired) electrons. The second-order valence-corrected chi connectivity index (χ2v) is 5.50. The Balaban J connectivity index is 2.07. The van der Waals surface area contributed by atoms with Gasteiger partial charge in [-0.15, -0.1) is 0 Å². The SMILES string of the molecule is CC(C)(C)C(=O)N1CC2CC1CN2C#N. The molecule has 2 atom stereocenters. The Hall–Kier alpha value is -1.24. The van der Waals surface area contributed by atoms with Gasteiger partial charge in [-0.1, -0.05) is 20.8 Å². The molecule has 2 saturated heterocycles. The van der Waals surface area contributed by atoms with Crippen LogP contribution in [0.2, 0.25) is 0 Å². The minimum Gasteiger partial charge on any atom is -0.335 e. The first kappa shape index (κ1) is 10.3. The maximum absolute atomic E-state index is 12.1. The van der Waals surface area contributed by atoms with Crippen LogP contribution in [0.15, 0.2) is 0 Å². The van der Waals surface area contributed by atoms with E-state index in [-0.39, 0.29) is 23.4 Å². The Morgan fingerprint density at radius 1 is 1.33 bits per heavy atom. The number of nitriles is 1. The zero-order valence-corrected chi connectivity index (χ0v) is 9.53. The number of amides is 1. The zero-order valence-electron chi connectivity index (χ0n) is 9.53. The standard InChI is InChI=1S/C11H17N3O/c1-11(2,3)10(15)14-6-8-4-9(14)5-13(8)7-12/h8-9H,4-6H2,1-3H3. The molecule has 2 unspecified atom stereocenters. The van der Waals surface area contributed by atoms with E-state index in [9.17, 15) is 4.79 Å². The van der Waals surface area contributed by atoms with Gasteiger partial charge in [0.2, 0.25) is 5.91 Å². The maximum Gasteiger partial charge on any atom is 0.228 e. The molecule has 0 saturated carbocycles. The first-order valence-electron chi connectivity index (χ1n) is 5.41. The van der Waals surface area contributed by atoms with Crippen LogP contribution in [0, 0.1) is 16.9 Å². The number of likely N-dealkylation sites (tertiary alicyclic amines) is 2. The summed E-state index contributed by atoms with van der Waals surface area (Å²) >= 11 is 0. The van der Waals surface area contributed by atoms with Crippen LogP contribution in [-0.4, -0.2) is 40.9 Å². The fourth-order valence-corrected chi connectivity index (χ4v) is 2.47. The molecule has 4 heteroatoms. The third-order valence-electron chi connectivity index (χ3n) is 3.27. The highest BCUT2D eigenvalue weighted by molar-refractivity contribution is 5.82. The van der Waals surface area contributed by atoms with Gasteiger partial charge in [0.15, 0.2) is 6.19 Å². The molecule has 0 aromatic heterocycles. The van der Waals surface area contributed by atoms with Crippen molar-refractivity contribution in [1.29, 1.82) is 5.26 Å². The number of hydrogen-bond acceptors (Lipinski definition) is 3. The molecule has 2 heterocycles. The van der Waals surface area contributed by atoms with Gasteiger partial charge in [0.1, 0.15) is 0 Å². The number of piperazine rings is 1. The molecule has 4 nitrogen and oxygen atoms in total. The summed E-state index contributed by atoms with van der Waals surface area (Å²) in [6.07, 6.45) is 3.16. The second kappa shape index (κ2) is 3.13. The summed E-state index contributed by atoms with van der Waals surface area (Å²) < 4.78 is 0. The molecule has 1 amide bonds. The van der Waals surface area contributed by atoms with Crippen LogP contribution in [0.3, 0.4) is 0 Å². The van der Waals surface area contributed by atoms with Gasteiger partial charge >= 0.3 is 0 Å². The lowest BCUT2D eigenvalue weighted by Crippen LogP contribution is -2.50. The molecule has 0 N–H and O–H groups in total. The van der Waals surface area contributed by atoms with Crippen molar-refractivity contribution in [3.63, 3.8) is 0 Å². The molecule has 2 fully saturated rings. The van der Waals surface area contributed by atoms with Crippen molar-refractivity contribution >= 4 is 5.91 Å². The fraction of sp³-hybridized carbons (Fsp3) is 0.818. The highest BCUT2D eigenvalue weighted by atomic mass is 16.2. The number of fused-ring (bicyclic) bond motifs is 2.